The minimum atomic E-state index is -1.05. The van der Waals surface area contributed by atoms with Gasteiger partial charge in [-0.1, -0.05) is 35.5 Å². The van der Waals surface area contributed by atoms with Crippen molar-refractivity contribution >= 4 is 51.7 Å². The molecule has 27 heavy (non-hydrogen) atoms. The third-order valence-corrected chi connectivity index (χ3v) is 5.13. The molecule has 0 radical (unpaired) electrons. The number of carbonyl (C=O) groups excluding carboxylic acids is 2. The maximum absolute atomic E-state index is 13.3. The third-order valence-electron chi connectivity index (χ3n) is 3.72. The van der Waals surface area contributed by atoms with Crippen LogP contribution in [0.15, 0.2) is 47.5 Å². The SMILES string of the molecule is C[C@H](SC1=NCC(=O)N1c1ccccc1Cl)C(=O)Nc1ccc(F)c(F)c1. The van der Waals surface area contributed by atoms with E-state index in [1.165, 1.54) is 11.0 Å². The summed E-state index contributed by atoms with van der Waals surface area (Å²) in [7, 11) is 0. The van der Waals surface area contributed by atoms with E-state index in [0.29, 0.717) is 15.9 Å². The second-order valence-corrected chi connectivity index (χ2v) is 7.37. The number of carbonyl (C=O) groups is 2. The number of halogens is 3. The first kappa shape index (κ1) is 19.3. The maximum atomic E-state index is 13.3. The van der Waals surface area contributed by atoms with Crippen LogP contribution >= 0.6 is 23.4 Å². The molecule has 1 N–H and O–H groups in total. The average Bonchev–Trinajstić information content (AvgIpc) is 2.99. The minimum Gasteiger partial charge on any atom is -0.325 e. The van der Waals surface area contributed by atoms with Crippen LogP contribution in [0.3, 0.4) is 0 Å². The molecular formula is C18H14ClF2N3O2S. The first-order valence-corrected chi connectivity index (χ1v) is 9.17. The Bertz CT molecular complexity index is 939. The van der Waals surface area contributed by atoms with Crippen LogP contribution in [0.4, 0.5) is 20.2 Å². The summed E-state index contributed by atoms with van der Waals surface area (Å²) >= 11 is 7.24. The van der Waals surface area contributed by atoms with Crippen LogP contribution in [-0.4, -0.2) is 28.8 Å². The monoisotopic (exact) mass is 409 g/mol. The van der Waals surface area contributed by atoms with Crippen molar-refractivity contribution in [2.75, 3.05) is 16.8 Å². The molecule has 0 unspecified atom stereocenters. The summed E-state index contributed by atoms with van der Waals surface area (Å²) in [5, 5.41) is 2.60. The molecule has 0 saturated heterocycles. The first-order valence-electron chi connectivity index (χ1n) is 7.91. The summed E-state index contributed by atoms with van der Waals surface area (Å²) in [5.74, 6) is -2.74. The van der Waals surface area contributed by atoms with Gasteiger partial charge in [0.2, 0.25) is 5.91 Å². The third kappa shape index (κ3) is 4.28. The molecule has 0 fully saturated rings. The summed E-state index contributed by atoms with van der Waals surface area (Å²) < 4.78 is 26.3. The Kier molecular flexibility index (Phi) is 5.76. The highest BCUT2D eigenvalue weighted by molar-refractivity contribution is 8.15. The molecule has 0 aliphatic carbocycles. The Labute approximate surface area is 163 Å². The molecule has 1 heterocycles. The van der Waals surface area contributed by atoms with Gasteiger partial charge < -0.3 is 5.32 Å². The highest BCUT2D eigenvalue weighted by Crippen LogP contribution is 2.31. The second-order valence-electron chi connectivity index (χ2n) is 5.66. The van der Waals surface area contributed by atoms with Gasteiger partial charge in [0, 0.05) is 11.8 Å². The van der Waals surface area contributed by atoms with E-state index in [4.69, 9.17) is 11.6 Å². The lowest BCUT2D eigenvalue weighted by molar-refractivity contribution is -0.116. The molecule has 1 aliphatic rings. The van der Waals surface area contributed by atoms with Gasteiger partial charge in [-0.05, 0) is 31.2 Å². The van der Waals surface area contributed by atoms with Crippen molar-refractivity contribution in [3.05, 3.63) is 59.1 Å². The van der Waals surface area contributed by atoms with Crippen LogP contribution in [0.2, 0.25) is 5.02 Å². The highest BCUT2D eigenvalue weighted by atomic mass is 35.5. The van der Waals surface area contributed by atoms with Gasteiger partial charge in [0.15, 0.2) is 16.8 Å². The van der Waals surface area contributed by atoms with Gasteiger partial charge in [-0.15, -0.1) is 0 Å². The molecule has 0 saturated carbocycles. The van der Waals surface area contributed by atoms with E-state index in [1.807, 2.05) is 0 Å². The minimum absolute atomic E-state index is 0.0366. The Balaban J connectivity index is 1.71. The van der Waals surface area contributed by atoms with Gasteiger partial charge in [-0.3, -0.25) is 19.5 Å². The Hall–Kier alpha value is -2.45. The fourth-order valence-corrected chi connectivity index (χ4v) is 3.52. The largest absolute Gasteiger partial charge is 0.325 e. The summed E-state index contributed by atoms with van der Waals surface area (Å²) in [6.45, 7) is 1.58. The molecule has 2 aromatic carbocycles. The number of amides is 2. The number of benzene rings is 2. The molecule has 9 heteroatoms. The average molecular weight is 410 g/mol. The molecule has 1 atom stereocenters. The number of anilines is 2. The number of nitrogens with zero attached hydrogens (tertiary/aromatic N) is 2. The first-order chi connectivity index (χ1) is 12.9. The Morgan fingerprint density at radius 3 is 2.70 bits per heavy atom. The van der Waals surface area contributed by atoms with Gasteiger partial charge in [0.05, 0.1) is 16.0 Å². The molecule has 140 valence electrons. The van der Waals surface area contributed by atoms with Crippen LogP contribution in [0, 0.1) is 11.6 Å². The van der Waals surface area contributed by atoms with Gasteiger partial charge >= 0.3 is 0 Å². The maximum Gasteiger partial charge on any atom is 0.254 e. The summed E-state index contributed by atoms with van der Waals surface area (Å²) in [4.78, 5) is 30.1. The molecule has 3 rings (SSSR count). The zero-order valence-electron chi connectivity index (χ0n) is 14.1. The molecule has 2 aromatic rings. The molecule has 0 aromatic heterocycles. The number of hydrogen-bond acceptors (Lipinski definition) is 4. The van der Waals surface area contributed by atoms with Gasteiger partial charge in [0.1, 0.15) is 6.54 Å². The predicted octanol–water partition coefficient (Wildman–Crippen LogP) is 4.08. The number of nitrogens with one attached hydrogen (secondary N) is 1. The number of aliphatic imine (C=N–C) groups is 1. The van der Waals surface area contributed by atoms with Crippen molar-refractivity contribution in [3.8, 4) is 0 Å². The van der Waals surface area contributed by atoms with Crippen LogP contribution in [0.1, 0.15) is 6.92 Å². The lowest BCUT2D eigenvalue weighted by Gasteiger charge is -2.21. The second kappa shape index (κ2) is 8.06. The van der Waals surface area contributed by atoms with E-state index in [1.54, 1.807) is 31.2 Å². The van der Waals surface area contributed by atoms with Crippen molar-refractivity contribution in [2.45, 2.75) is 12.2 Å². The van der Waals surface area contributed by atoms with Crippen LogP contribution in [0.5, 0.6) is 0 Å². The van der Waals surface area contributed by atoms with E-state index in [-0.39, 0.29) is 18.1 Å². The van der Waals surface area contributed by atoms with Crippen molar-refractivity contribution in [2.24, 2.45) is 4.99 Å². The van der Waals surface area contributed by atoms with Gasteiger partial charge in [-0.2, -0.15) is 0 Å². The van der Waals surface area contributed by atoms with Crippen molar-refractivity contribution in [1.29, 1.82) is 0 Å². The topological polar surface area (TPSA) is 61.8 Å². The smallest absolute Gasteiger partial charge is 0.254 e. The number of rotatable bonds is 4. The molecule has 2 amide bonds. The lowest BCUT2D eigenvalue weighted by atomic mass is 10.3. The van der Waals surface area contributed by atoms with E-state index in [0.717, 1.165) is 23.9 Å². The number of hydrogen-bond donors (Lipinski definition) is 1. The van der Waals surface area contributed by atoms with Gasteiger partial charge in [-0.25, -0.2) is 8.78 Å². The molecule has 0 bridgehead atoms. The Morgan fingerprint density at radius 2 is 2.00 bits per heavy atom. The zero-order valence-corrected chi connectivity index (χ0v) is 15.7. The number of para-hydroxylation sites is 1. The van der Waals surface area contributed by atoms with Crippen molar-refractivity contribution in [1.82, 2.24) is 0 Å². The Morgan fingerprint density at radius 1 is 1.26 bits per heavy atom. The normalized spacial score (nSPS) is 14.9. The summed E-state index contributed by atoms with van der Waals surface area (Å²) in [6, 6.07) is 9.93. The van der Waals surface area contributed by atoms with Gasteiger partial charge in [0.25, 0.3) is 5.91 Å². The fourth-order valence-electron chi connectivity index (χ4n) is 2.37. The summed E-state index contributed by atoms with van der Waals surface area (Å²) in [5.41, 5.74) is 0.625. The molecular weight excluding hydrogens is 396 g/mol. The molecule has 1 aliphatic heterocycles. The zero-order chi connectivity index (χ0) is 19.6. The van der Waals surface area contributed by atoms with Crippen LogP contribution in [0.25, 0.3) is 0 Å². The number of amidine groups is 1. The lowest BCUT2D eigenvalue weighted by Crippen LogP contribution is -2.33. The van der Waals surface area contributed by atoms with Crippen molar-refractivity contribution in [3.63, 3.8) is 0 Å². The van der Waals surface area contributed by atoms with E-state index < -0.39 is 22.8 Å². The quantitative estimate of drug-likeness (QED) is 0.827. The summed E-state index contributed by atoms with van der Waals surface area (Å²) in [6.07, 6.45) is 0. The van der Waals surface area contributed by atoms with E-state index >= 15 is 0 Å². The van der Waals surface area contributed by atoms with E-state index in [9.17, 15) is 18.4 Å². The highest BCUT2D eigenvalue weighted by Gasteiger charge is 2.31. The van der Waals surface area contributed by atoms with E-state index in [2.05, 4.69) is 10.3 Å². The van der Waals surface area contributed by atoms with Crippen molar-refractivity contribution < 1.29 is 18.4 Å². The van der Waals surface area contributed by atoms with Crippen LogP contribution in [-0.2, 0) is 9.59 Å². The molecule has 5 nitrogen and oxygen atoms in total. The number of thioether (sulfide) groups is 1. The van der Waals surface area contributed by atoms with Crippen LogP contribution < -0.4 is 10.2 Å². The standard InChI is InChI=1S/C18H14ClF2N3O2S/c1-10(17(26)23-11-6-7-13(20)14(21)8-11)27-18-22-9-16(25)24(18)15-5-3-2-4-12(15)19/h2-8,10H,9H2,1H3,(H,23,26)/t10-/m0/s1. The molecule has 0 spiro atoms. The predicted molar refractivity (Wildman–Crippen MR) is 103 cm³/mol. The fraction of sp³-hybridized carbons (Fsp3) is 0.167.